The van der Waals surface area contributed by atoms with Gasteiger partial charge < -0.3 is 4.74 Å². The monoisotopic (exact) mass is 610 g/mol. The molecule has 1 saturated heterocycles. The average molecular weight is 611 g/mol. The highest BCUT2D eigenvalue weighted by Gasteiger charge is 2.49. The highest BCUT2D eigenvalue weighted by atomic mass is 79.9. The van der Waals surface area contributed by atoms with Gasteiger partial charge in [-0.1, -0.05) is 65.3 Å². The second-order valence-electron chi connectivity index (χ2n) is 10.8. The highest BCUT2D eigenvalue weighted by Crippen LogP contribution is 2.42. The van der Waals surface area contributed by atoms with Gasteiger partial charge in [-0.3, -0.25) is 19.3 Å². The molecule has 3 unspecified atom stereocenters. The highest BCUT2D eigenvalue weighted by molar-refractivity contribution is 9.10. The van der Waals surface area contributed by atoms with E-state index in [0.717, 1.165) is 23.7 Å². The number of hydrogen-bond donors (Lipinski definition) is 0. The van der Waals surface area contributed by atoms with Crippen molar-refractivity contribution in [3.05, 3.63) is 94.5 Å². The summed E-state index contributed by atoms with van der Waals surface area (Å²) in [4.78, 5) is 58.1. The van der Waals surface area contributed by atoms with E-state index in [1.165, 1.54) is 4.90 Å². The molecule has 0 spiro atoms. The van der Waals surface area contributed by atoms with Gasteiger partial charge in [0.15, 0.2) is 12.4 Å². The summed E-state index contributed by atoms with van der Waals surface area (Å²) >= 11 is 3.34. The number of anilines is 1. The Balaban J connectivity index is 1.25. The van der Waals surface area contributed by atoms with Gasteiger partial charge in [0.25, 0.3) is 0 Å². The van der Waals surface area contributed by atoms with Gasteiger partial charge in [-0.25, -0.2) is 9.78 Å². The van der Waals surface area contributed by atoms with Crippen LogP contribution in [0, 0.1) is 17.8 Å². The number of nitrogens with zero attached hydrogens (tertiary/aromatic N) is 2. The minimum atomic E-state index is -0.628. The first-order valence-electron chi connectivity index (χ1n) is 13.6. The predicted octanol–water partition coefficient (Wildman–Crippen LogP) is 6.63. The smallest absolute Gasteiger partial charge is 0.339 e. The number of carbonyl (C=O) groups is 4. The Morgan fingerprint density at radius 1 is 0.927 bits per heavy atom. The van der Waals surface area contributed by atoms with Crippen molar-refractivity contribution in [1.29, 1.82) is 0 Å². The maximum atomic E-state index is 13.2. The maximum Gasteiger partial charge on any atom is 0.339 e. The fourth-order valence-electron chi connectivity index (χ4n) is 5.85. The van der Waals surface area contributed by atoms with Gasteiger partial charge in [-0.05, 0) is 61.6 Å². The third-order valence-electron chi connectivity index (χ3n) is 8.05. The standard InChI is InChI=1S/C33H27BrN2O5/c1-19-6-15-25-26(16-19)32(39)36(31(25)38)23-13-9-20(10-14-23)29-17-27(24-4-2-3-5-28(24)35-29)33(40)41-18-30(37)21-7-11-22(34)12-8-21/h2-5,7-14,17,19,25-26H,6,15-16,18H2,1H3. The number of amides is 2. The number of Topliss-reactive ketones (excluding diaryl/α,β-unsaturated/α-hetero) is 1. The number of carbonyl (C=O) groups excluding carboxylic acids is 4. The minimum absolute atomic E-state index is 0.119. The number of pyridine rings is 1. The number of hydrogen-bond acceptors (Lipinski definition) is 6. The van der Waals surface area contributed by atoms with E-state index in [2.05, 4.69) is 22.9 Å². The van der Waals surface area contributed by atoms with Crippen LogP contribution in [0.25, 0.3) is 22.2 Å². The second-order valence-corrected chi connectivity index (χ2v) is 11.7. The van der Waals surface area contributed by atoms with Gasteiger partial charge in [0.05, 0.1) is 34.3 Å². The lowest BCUT2D eigenvalue weighted by atomic mass is 9.76. The zero-order chi connectivity index (χ0) is 28.7. The van der Waals surface area contributed by atoms with Crippen molar-refractivity contribution in [3.8, 4) is 11.3 Å². The second kappa shape index (κ2) is 11.0. The summed E-state index contributed by atoms with van der Waals surface area (Å²) in [6.07, 6.45) is 2.46. The molecule has 3 aromatic carbocycles. The first kappa shape index (κ1) is 27.0. The lowest BCUT2D eigenvalue weighted by Gasteiger charge is -2.25. The van der Waals surface area contributed by atoms with E-state index >= 15 is 0 Å². The lowest BCUT2D eigenvalue weighted by molar-refractivity contribution is -0.122. The van der Waals surface area contributed by atoms with Crippen molar-refractivity contribution in [2.45, 2.75) is 26.2 Å². The van der Waals surface area contributed by atoms with Crippen molar-refractivity contribution < 1.29 is 23.9 Å². The summed E-state index contributed by atoms with van der Waals surface area (Å²) in [5.74, 6) is -1.20. The summed E-state index contributed by atoms with van der Waals surface area (Å²) in [6.45, 7) is 1.74. The third kappa shape index (κ3) is 5.20. The van der Waals surface area contributed by atoms with Crippen molar-refractivity contribution in [1.82, 2.24) is 4.98 Å². The first-order valence-corrected chi connectivity index (χ1v) is 14.4. The number of rotatable bonds is 6. The Morgan fingerprint density at radius 3 is 2.39 bits per heavy atom. The van der Waals surface area contributed by atoms with Gasteiger partial charge in [0.2, 0.25) is 11.8 Å². The van der Waals surface area contributed by atoms with Gasteiger partial charge in [0.1, 0.15) is 0 Å². The van der Waals surface area contributed by atoms with Crippen molar-refractivity contribution in [2.75, 3.05) is 11.5 Å². The molecule has 2 heterocycles. The Bertz CT molecular complexity index is 1680. The van der Waals surface area contributed by atoms with E-state index in [9.17, 15) is 19.2 Å². The van der Waals surface area contributed by atoms with Crippen LogP contribution in [0.3, 0.4) is 0 Å². The zero-order valence-electron chi connectivity index (χ0n) is 22.4. The number of ether oxygens (including phenoxy) is 1. The molecular weight excluding hydrogens is 584 g/mol. The molecule has 8 heteroatoms. The normalized spacial score (nSPS) is 20.2. The molecule has 2 fully saturated rings. The topological polar surface area (TPSA) is 93.6 Å². The van der Waals surface area contributed by atoms with E-state index in [1.807, 2.05) is 12.1 Å². The number of ketones is 1. The van der Waals surface area contributed by atoms with Crippen LogP contribution in [0.2, 0.25) is 0 Å². The van der Waals surface area contributed by atoms with Crippen LogP contribution in [-0.4, -0.2) is 35.2 Å². The van der Waals surface area contributed by atoms with Crippen molar-refractivity contribution in [2.24, 2.45) is 17.8 Å². The Morgan fingerprint density at radius 2 is 1.63 bits per heavy atom. The molecule has 6 rings (SSSR count). The molecule has 206 valence electrons. The molecule has 1 aliphatic heterocycles. The summed E-state index contributed by atoms with van der Waals surface area (Å²) in [7, 11) is 0. The number of fused-ring (bicyclic) bond motifs is 2. The molecule has 2 amide bonds. The van der Waals surface area contributed by atoms with Crippen LogP contribution in [0.1, 0.15) is 46.9 Å². The largest absolute Gasteiger partial charge is 0.454 e. The fourth-order valence-corrected chi connectivity index (χ4v) is 6.11. The van der Waals surface area contributed by atoms with Crippen molar-refractivity contribution >= 4 is 56.1 Å². The fraction of sp³-hybridized carbons (Fsp3) is 0.242. The SMILES string of the molecule is CC1CCC2C(=O)N(c3ccc(-c4cc(C(=O)OCC(=O)c5ccc(Br)cc5)c5ccccc5n4)cc3)C(=O)C2C1. The van der Waals surface area contributed by atoms with Gasteiger partial charge >= 0.3 is 5.97 Å². The number of halogens is 1. The Labute approximate surface area is 245 Å². The number of imide groups is 1. The molecule has 1 saturated carbocycles. The van der Waals surface area contributed by atoms with Gasteiger partial charge in [0, 0.05) is 21.0 Å². The number of benzene rings is 3. The summed E-state index contributed by atoms with van der Waals surface area (Å²) in [5, 5.41) is 0.610. The van der Waals surface area contributed by atoms with Gasteiger partial charge in [-0.15, -0.1) is 0 Å². The third-order valence-corrected chi connectivity index (χ3v) is 8.57. The molecule has 0 bridgehead atoms. The van der Waals surface area contributed by atoms with Crippen LogP contribution in [0.4, 0.5) is 5.69 Å². The molecular formula is C33H27BrN2O5. The molecule has 1 aromatic heterocycles. The van der Waals surface area contributed by atoms with Crippen LogP contribution in [-0.2, 0) is 14.3 Å². The number of para-hydroxylation sites is 1. The maximum absolute atomic E-state index is 13.2. The van der Waals surface area contributed by atoms with Crippen LogP contribution < -0.4 is 4.90 Å². The number of aromatic nitrogens is 1. The van der Waals surface area contributed by atoms with Crippen molar-refractivity contribution in [3.63, 3.8) is 0 Å². The first-order chi connectivity index (χ1) is 19.8. The molecule has 0 radical (unpaired) electrons. The minimum Gasteiger partial charge on any atom is -0.454 e. The van der Waals surface area contributed by atoms with Crippen LogP contribution >= 0.6 is 15.9 Å². The summed E-state index contributed by atoms with van der Waals surface area (Å²) in [6, 6.07) is 22.8. The summed E-state index contributed by atoms with van der Waals surface area (Å²) in [5.41, 5.74) is 3.13. The molecule has 41 heavy (non-hydrogen) atoms. The quantitative estimate of drug-likeness (QED) is 0.138. The van der Waals surface area contributed by atoms with E-state index in [1.54, 1.807) is 66.7 Å². The van der Waals surface area contributed by atoms with E-state index < -0.39 is 5.97 Å². The predicted molar refractivity (Wildman–Crippen MR) is 158 cm³/mol. The molecule has 1 aliphatic carbocycles. The van der Waals surface area contributed by atoms with Crippen LogP contribution in [0.5, 0.6) is 0 Å². The molecule has 2 aliphatic rings. The Hall–Kier alpha value is -4.17. The Kier molecular flexibility index (Phi) is 7.26. The average Bonchev–Trinajstić information content (AvgIpc) is 3.24. The summed E-state index contributed by atoms with van der Waals surface area (Å²) < 4.78 is 6.28. The molecule has 7 nitrogen and oxygen atoms in total. The lowest BCUT2D eigenvalue weighted by Crippen LogP contribution is -2.30. The van der Waals surface area contributed by atoms with E-state index in [4.69, 9.17) is 9.72 Å². The van der Waals surface area contributed by atoms with E-state index in [-0.39, 0.29) is 36.0 Å². The molecule has 4 aromatic rings. The number of esters is 1. The van der Waals surface area contributed by atoms with Gasteiger partial charge in [-0.2, -0.15) is 0 Å². The van der Waals surface area contributed by atoms with Crippen LogP contribution in [0.15, 0.2) is 83.3 Å². The molecule has 0 N–H and O–H groups in total. The zero-order valence-corrected chi connectivity index (χ0v) is 24.0. The molecule has 3 atom stereocenters. The van der Waals surface area contributed by atoms with E-state index in [0.29, 0.717) is 44.9 Å².